The van der Waals surface area contributed by atoms with Crippen molar-refractivity contribution in [2.75, 3.05) is 31.1 Å². The first-order valence-electron chi connectivity index (χ1n) is 9.21. The van der Waals surface area contributed by atoms with Gasteiger partial charge in [0.05, 0.1) is 11.2 Å². The smallest absolute Gasteiger partial charge is 0.270 e. The number of amides is 1. The molecule has 4 heterocycles. The molecule has 7 heteroatoms. The number of carbonyl (C=O) groups excluding carboxylic acids is 1. The molecule has 1 amide bonds. The number of benzene rings is 1. The van der Waals surface area contributed by atoms with Gasteiger partial charge in [0.25, 0.3) is 5.91 Å². The van der Waals surface area contributed by atoms with E-state index in [9.17, 15) is 4.79 Å². The van der Waals surface area contributed by atoms with Gasteiger partial charge in [0, 0.05) is 53.9 Å². The van der Waals surface area contributed by atoms with Gasteiger partial charge in [0.2, 0.25) is 0 Å². The molecule has 1 aliphatic heterocycles. The van der Waals surface area contributed by atoms with Crippen LogP contribution in [-0.2, 0) is 0 Å². The monoisotopic (exact) mass is 435 g/mol. The van der Waals surface area contributed by atoms with Crippen molar-refractivity contribution >= 4 is 49.5 Å². The minimum Gasteiger partial charge on any atom is -0.366 e. The van der Waals surface area contributed by atoms with E-state index in [2.05, 4.69) is 35.8 Å². The highest BCUT2D eigenvalue weighted by atomic mass is 79.9. The number of fused-ring (bicyclic) bond motifs is 2. The van der Waals surface area contributed by atoms with Crippen LogP contribution in [0.15, 0.2) is 59.3 Å². The van der Waals surface area contributed by atoms with E-state index in [4.69, 9.17) is 0 Å². The first kappa shape index (κ1) is 17.2. The largest absolute Gasteiger partial charge is 0.366 e. The number of rotatable bonds is 2. The minimum atomic E-state index is 0.0532. The fourth-order valence-electron chi connectivity index (χ4n) is 3.76. The Labute approximate surface area is 170 Å². The predicted molar refractivity (Wildman–Crippen MR) is 114 cm³/mol. The number of halogens is 1. The summed E-state index contributed by atoms with van der Waals surface area (Å²) in [7, 11) is 0. The minimum absolute atomic E-state index is 0.0532. The van der Waals surface area contributed by atoms with Crippen LogP contribution in [0.5, 0.6) is 0 Å². The summed E-state index contributed by atoms with van der Waals surface area (Å²) < 4.78 is 0.915. The van der Waals surface area contributed by atoms with Crippen LogP contribution in [0, 0.1) is 0 Å². The molecule has 5 rings (SSSR count). The number of anilines is 1. The van der Waals surface area contributed by atoms with Crippen LogP contribution in [0.25, 0.3) is 21.9 Å². The summed E-state index contributed by atoms with van der Waals surface area (Å²) in [5, 5.41) is 1.06. The van der Waals surface area contributed by atoms with E-state index >= 15 is 0 Å². The number of hydrogen-bond acceptors (Lipinski definition) is 4. The first-order valence-corrected chi connectivity index (χ1v) is 10.0. The Morgan fingerprint density at radius 1 is 1.04 bits per heavy atom. The van der Waals surface area contributed by atoms with E-state index < -0.39 is 0 Å². The maximum absolute atomic E-state index is 12.9. The molecule has 0 aliphatic carbocycles. The topological polar surface area (TPSA) is 65.1 Å². The van der Waals surface area contributed by atoms with Crippen LogP contribution in [0.2, 0.25) is 0 Å². The lowest BCUT2D eigenvalue weighted by molar-refractivity contribution is 0.0742. The van der Waals surface area contributed by atoms with Crippen LogP contribution in [0.3, 0.4) is 0 Å². The van der Waals surface area contributed by atoms with Gasteiger partial charge in [-0.2, -0.15) is 0 Å². The Morgan fingerprint density at radius 2 is 1.86 bits per heavy atom. The summed E-state index contributed by atoms with van der Waals surface area (Å²) in [5.74, 6) is 0.0532. The maximum atomic E-state index is 12.9. The number of nitrogens with one attached hydrogen (secondary N) is 1. The van der Waals surface area contributed by atoms with Gasteiger partial charge in [0.15, 0.2) is 0 Å². The summed E-state index contributed by atoms with van der Waals surface area (Å²) >= 11 is 3.45. The average molecular weight is 436 g/mol. The number of aromatic amines is 1. The van der Waals surface area contributed by atoms with Crippen molar-refractivity contribution in [1.29, 1.82) is 0 Å². The second kappa shape index (κ2) is 6.91. The SMILES string of the molecule is O=C(c1cc2ccccc2[nH]1)N1CCN(c2ccnc3cc(Br)cnc23)CC1. The van der Waals surface area contributed by atoms with Gasteiger partial charge in [0.1, 0.15) is 11.2 Å². The molecule has 6 nitrogen and oxygen atoms in total. The summed E-state index contributed by atoms with van der Waals surface area (Å²) in [6, 6.07) is 13.9. The van der Waals surface area contributed by atoms with Gasteiger partial charge in [-0.3, -0.25) is 14.8 Å². The highest BCUT2D eigenvalue weighted by molar-refractivity contribution is 9.10. The molecule has 0 atom stereocenters. The van der Waals surface area contributed by atoms with Gasteiger partial charge in [-0.1, -0.05) is 18.2 Å². The van der Waals surface area contributed by atoms with Crippen LogP contribution in [-0.4, -0.2) is 51.9 Å². The molecule has 0 bridgehead atoms. The van der Waals surface area contributed by atoms with E-state index in [0.29, 0.717) is 18.8 Å². The van der Waals surface area contributed by atoms with Crippen LogP contribution < -0.4 is 4.90 Å². The zero-order valence-electron chi connectivity index (χ0n) is 15.1. The number of hydrogen-bond donors (Lipinski definition) is 1. The fraction of sp³-hybridized carbons (Fsp3) is 0.190. The molecule has 0 saturated carbocycles. The van der Waals surface area contributed by atoms with Crippen molar-refractivity contribution in [2.45, 2.75) is 0 Å². The highest BCUT2D eigenvalue weighted by Gasteiger charge is 2.24. The summed E-state index contributed by atoms with van der Waals surface area (Å²) in [4.78, 5) is 29.3. The van der Waals surface area contributed by atoms with Crippen LogP contribution in [0.4, 0.5) is 5.69 Å². The van der Waals surface area contributed by atoms with Crippen molar-refractivity contribution in [1.82, 2.24) is 19.9 Å². The Morgan fingerprint density at radius 3 is 2.68 bits per heavy atom. The molecule has 0 spiro atoms. The molecule has 4 aromatic rings. The molecule has 1 N–H and O–H groups in total. The summed E-state index contributed by atoms with van der Waals surface area (Å²) in [5.41, 5.74) is 4.46. The molecule has 0 radical (unpaired) electrons. The standard InChI is InChI=1S/C21H18BrN5O/c22-15-12-17-20(24-13-15)19(5-6-23-17)26-7-9-27(10-8-26)21(28)18-11-14-3-1-2-4-16(14)25-18/h1-6,11-13,25H,7-10H2. The third-order valence-corrected chi connectivity index (χ3v) is 5.62. The lowest BCUT2D eigenvalue weighted by Gasteiger charge is -2.36. The molecule has 1 fully saturated rings. The molecular weight excluding hydrogens is 418 g/mol. The molecule has 1 saturated heterocycles. The van der Waals surface area contributed by atoms with E-state index in [1.54, 1.807) is 6.20 Å². The van der Waals surface area contributed by atoms with E-state index in [0.717, 1.165) is 45.2 Å². The first-order chi connectivity index (χ1) is 13.7. The van der Waals surface area contributed by atoms with Crippen molar-refractivity contribution in [3.63, 3.8) is 0 Å². The van der Waals surface area contributed by atoms with Gasteiger partial charge < -0.3 is 14.8 Å². The summed E-state index contributed by atoms with van der Waals surface area (Å²) in [6.45, 7) is 2.88. The Bertz CT molecular complexity index is 1150. The lowest BCUT2D eigenvalue weighted by Crippen LogP contribution is -2.49. The molecule has 0 unspecified atom stereocenters. The predicted octanol–water partition coefficient (Wildman–Crippen LogP) is 3.84. The van der Waals surface area contributed by atoms with E-state index in [1.807, 2.05) is 53.6 Å². The number of piperazine rings is 1. The number of pyridine rings is 2. The number of H-pyrrole nitrogens is 1. The number of aromatic nitrogens is 3. The van der Waals surface area contributed by atoms with Gasteiger partial charge in [-0.15, -0.1) is 0 Å². The van der Waals surface area contributed by atoms with Crippen LogP contribution >= 0.6 is 15.9 Å². The Kier molecular flexibility index (Phi) is 4.24. The molecule has 28 heavy (non-hydrogen) atoms. The zero-order chi connectivity index (χ0) is 19.1. The second-order valence-electron chi connectivity index (χ2n) is 6.90. The number of para-hydroxylation sites is 1. The third-order valence-electron chi connectivity index (χ3n) is 5.19. The molecule has 140 valence electrons. The van der Waals surface area contributed by atoms with E-state index in [1.165, 1.54) is 0 Å². The Balaban J connectivity index is 1.34. The second-order valence-corrected chi connectivity index (χ2v) is 7.82. The third kappa shape index (κ3) is 3.01. The normalized spacial score (nSPS) is 14.8. The molecule has 1 aliphatic rings. The molecule has 3 aromatic heterocycles. The average Bonchev–Trinajstić information content (AvgIpc) is 3.17. The fourth-order valence-corrected chi connectivity index (χ4v) is 4.08. The van der Waals surface area contributed by atoms with Crippen molar-refractivity contribution < 1.29 is 4.79 Å². The van der Waals surface area contributed by atoms with Gasteiger partial charge >= 0.3 is 0 Å². The molecular formula is C21H18BrN5O. The molecule has 1 aromatic carbocycles. The number of carbonyl (C=O) groups is 1. The Hall–Kier alpha value is -2.93. The van der Waals surface area contributed by atoms with Gasteiger partial charge in [-0.25, -0.2) is 0 Å². The number of nitrogens with zero attached hydrogens (tertiary/aromatic N) is 4. The van der Waals surface area contributed by atoms with Crippen molar-refractivity contribution in [3.05, 3.63) is 65.0 Å². The van der Waals surface area contributed by atoms with E-state index in [-0.39, 0.29) is 5.91 Å². The zero-order valence-corrected chi connectivity index (χ0v) is 16.7. The maximum Gasteiger partial charge on any atom is 0.270 e. The highest BCUT2D eigenvalue weighted by Crippen LogP contribution is 2.26. The lowest BCUT2D eigenvalue weighted by atomic mass is 10.2. The van der Waals surface area contributed by atoms with Gasteiger partial charge in [-0.05, 0) is 40.2 Å². The quantitative estimate of drug-likeness (QED) is 0.519. The van der Waals surface area contributed by atoms with Crippen molar-refractivity contribution in [3.8, 4) is 0 Å². The van der Waals surface area contributed by atoms with Crippen LogP contribution in [0.1, 0.15) is 10.5 Å². The summed E-state index contributed by atoms with van der Waals surface area (Å²) in [6.07, 6.45) is 3.61. The van der Waals surface area contributed by atoms with Crippen molar-refractivity contribution in [2.24, 2.45) is 0 Å².